The van der Waals surface area contributed by atoms with Crippen LogP contribution < -0.4 is 9.16 Å². The highest BCUT2D eigenvalue weighted by molar-refractivity contribution is 6.78. The Hall–Kier alpha value is -2.45. The van der Waals surface area contributed by atoms with E-state index in [1.807, 2.05) is 12.1 Å². The van der Waals surface area contributed by atoms with E-state index in [0.717, 1.165) is 27.6 Å². The first kappa shape index (κ1) is 20.3. The summed E-state index contributed by atoms with van der Waals surface area (Å²) in [6, 6.07) is 12.3. The molecular weight excluding hydrogens is 364 g/mol. The molecule has 0 unspecified atom stereocenters. The molecule has 3 aromatic rings. The lowest BCUT2D eigenvalue weighted by Crippen LogP contribution is -2.50. The lowest BCUT2D eigenvalue weighted by molar-refractivity contribution is 0.414. The third kappa shape index (κ3) is 3.16. The Morgan fingerprint density at radius 2 is 1.50 bits per heavy atom. The summed E-state index contributed by atoms with van der Waals surface area (Å²) in [5.74, 6) is 1.51. The van der Waals surface area contributed by atoms with Crippen LogP contribution >= 0.6 is 0 Å². The van der Waals surface area contributed by atoms with Crippen molar-refractivity contribution in [1.82, 2.24) is 4.98 Å². The van der Waals surface area contributed by atoms with E-state index in [4.69, 9.17) is 9.16 Å². The minimum absolute atomic E-state index is 0.522. The van der Waals surface area contributed by atoms with Crippen LogP contribution in [0.2, 0.25) is 16.6 Å². The highest BCUT2D eigenvalue weighted by Gasteiger charge is 2.47. The van der Waals surface area contributed by atoms with Gasteiger partial charge < -0.3 is 14.1 Å². The second-order valence-electron chi connectivity index (χ2n) is 8.46. The fourth-order valence-corrected chi connectivity index (χ4v) is 10.0. The summed E-state index contributed by atoms with van der Waals surface area (Å²) in [6.07, 6.45) is 0. The van der Waals surface area contributed by atoms with Crippen LogP contribution in [0.3, 0.4) is 0 Å². The monoisotopic (exact) mass is 394 g/mol. The van der Waals surface area contributed by atoms with Crippen LogP contribution in [-0.2, 0) is 0 Å². The van der Waals surface area contributed by atoms with Crippen molar-refractivity contribution in [3.63, 3.8) is 0 Å². The van der Waals surface area contributed by atoms with Crippen molar-refractivity contribution in [2.75, 3.05) is 7.11 Å². The molecule has 148 valence electrons. The maximum Gasteiger partial charge on any atom is 0.258 e. The molecule has 1 aromatic heterocycles. The zero-order chi connectivity index (χ0) is 20.6. The molecule has 2 aromatic carbocycles. The number of aromatic nitrogens is 1. The van der Waals surface area contributed by atoms with Crippen molar-refractivity contribution in [3.8, 4) is 17.6 Å². The Morgan fingerprint density at radius 1 is 0.893 bits per heavy atom. The number of hydrogen-bond donors (Lipinski definition) is 1. The molecule has 0 saturated heterocycles. The molecule has 0 saturated carbocycles. The highest BCUT2D eigenvalue weighted by atomic mass is 28.4. The van der Waals surface area contributed by atoms with E-state index in [1.54, 1.807) is 7.11 Å². The number of rotatable bonds is 6. The molecule has 28 heavy (non-hydrogen) atoms. The van der Waals surface area contributed by atoms with Gasteiger partial charge in [0.2, 0.25) is 0 Å². The van der Waals surface area contributed by atoms with Gasteiger partial charge in [-0.3, -0.25) is 0 Å². The molecule has 0 aliphatic heterocycles. The Labute approximate surface area is 168 Å². The maximum absolute atomic E-state index is 9.39. The van der Waals surface area contributed by atoms with Crippen LogP contribution in [0.15, 0.2) is 30.3 Å². The van der Waals surface area contributed by atoms with Crippen LogP contribution in [0, 0.1) is 11.3 Å². The summed E-state index contributed by atoms with van der Waals surface area (Å²) < 4.78 is 12.2. The molecule has 4 nitrogen and oxygen atoms in total. The Morgan fingerprint density at radius 3 is 2.04 bits per heavy atom. The molecule has 5 heteroatoms. The number of benzene rings is 2. The molecule has 0 radical (unpaired) electrons. The predicted molar refractivity (Wildman–Crippen MR) is 119 cm³/mol. The lowest BCUT2D eigenvalue weighted by Gasteiger charge is -2.42. The number of nitrogens with zero attached hydrogens (tertiary/aromatic N) is 1. The third-order valence-electron chi connectivity index (χ3n) is 6.01. The van der Waals surface area contributed by atoms with Crippen LogP contribution in [0.1, 0.15) is 47.1 Å². The fraction of sp³-hybridized carbons (Fsp3) is 0.435. The number of ether oxygens (including phenoxy) is 1. The summed E-state index contributed by atoms with van der Waals surface area (Å²) >= 11 is 0. The second kappa shape index (κ2) is 7.52. The average molecular weight is 395 g/mol. The van der Waals surface area contributed by atoms with Crippen molar-refractivity contribution < 1.29 is 9.16 Å². The molecule has 0 atom stereocenters. The molecule has 0 spiro atoms. The summed E-state index contributed by atoms with van der Waals surface area (Å²) in [5.41, 5.74) is 4.09. The highest BCUT2D eigenvalue weighted by Crippen LogP contribution is 2.43. The number of H-pyrrole nitrogens is 1. The molecule has 0 amide bonds. The number of nitriles is 1. The van der Waals surface area contributed by atoms with E-state index < -0.39 is 8.32 Å². The smallest absolute Gasteiger partial charge is 0.258 e. The Balaban J connectivity index is 2.12. The van der Waals surface area contributed by atoms with Gasteiger partial charge in [-0.1, -0.05) is 41.5 Å². The topological polar surface area (TPSA) is 58.0 Å². The van der Waals surface area contributed by atoms with Gasteiger partial charge in [-0.25, -0.2) is 0 Å². The van der Waals surface area contributed by atoms with Crippen molar-refractivity contribution in [1.29, 1.82) is 5.26 Å². The summed E-state index contributed by atoms with van der Waals surface area (Å²) in [7, 11) is -0.413. The van der Waals surface area contributed by atoms with Crippen molar-refractivity contribution >= 4 is 30.1 Å². The zero-order valence-corrected chi connectivity index (χ0v) is 18.9. The number of aromatic amines is 1. The van der Waals surface area contributed by atoms with Gasteiger partial charge in [0, 0.05) is 22.9 Å². The van der Waals surface area contributed by atoms with Gasteiger partial charge in [0.25, 0.3) is 8.32 Å². The van der Waals surface area contributed by atoms with E-state index in [1.165, 1.54) is 0 Å². The van der Waals surface area contributed by atoms with E-state index in [-0.39, 0.29) is 0 Å². The molecular formula is C23H30N2O2Si. The molecule has 0 bridgehead atoms. The standard InChI is InChI=1S/C23H30N2O2Si/c1-14(2)28(15(3)4,16(5)6)27-18-8-9-19-20-10-17(13-24)23(26-7)12-22(20)25-21(19)11-18/h8-12,14-16,25H,1-7H3. The minimum Gasteiger partial charge on any atom is -0.543 e. The first-order valence-electron chi connectivity index (χ1n) is 9.97. The maximum atomic E-state index is 9.39. The zero-order valence-electron chi connectivity index (χ0n) is 17.9. The normalized spacial score (nSPS) is 12.3. The SMILES string of the molecule is COc1cc2[nH]c3cc(O[Si](C(C)C)(C(C)C)C(C)C)ccc3c2cc1C#N. The molecule has 0 fully saturated rings. The lowest BCUT2D eigenvalue weighted by atomic mass is 10.1. The fourth-order valence-electron chi connectivity index (χ4n) is 4.79. The van der Waals surface area contributed by atoms with Crippen LogP contribution in [0.5, 0.6) is 11.5 Å². The quantitative estimate of drug-likeness (QED) is 0.470. The van der Waals surface area contributed by atoms with Crippen LogP contribution in [-0.4, -0.2) is 20.4 Å². The molecule has 1 N–H and O–H groups in total. The number of nitrogens with one attached hydrogen (secondary N) is 1. The summed E-state index contributed by atoms with van der Waals surface area (Å²) in [4.78, 5) is 3.46. The molecule has 0 aliphatic carbocycles. The van der Waals surface area contributed by atoms with Gasteiger partial charge in [-0.05, 0) is 34.8 Å². The minimum atomic E-state index is -2.00. The molecule has 3 rings (SSSR count). The summed E-state index contributed by atoms with van der Waals surface area (Å²) in [5, 5.41) is 11.5. The molecule has 0 aliphatic rings. The number of fused-ring (bicyclic) bond motifs is 3. The first-order chi connectivity index (χ1) is 13.2. The average Bonchev–Trinajstić information content (AvgIpc) is 3.00. The van der Waals surface area contributed by atoms with Gasteiger partial charge in [0.15, 0.2) is 0 Å². The van der Waals surface area contributed by atoms with Gasteiger partial charge >= 0.3 is 0 Å². The van der Waals surface area contributed by atoms with Gasteiger partial charge in [-0.2, -0.15) is 5.26 Å². The third-order valence-corrected chi connectivity index (χ3v) is 12.0. The number of methoxy groups -OCH3 is 1. The van der Waals surface area contributed by atoms with Crippen LogP contribution in [0.25, 0.3) is 21.8 Å². The van der Waals surface area contributed by atoms with Gasteiger partial charge in [0.05, 0.1) is 23.7 Å². The number of hydrogen-bond acceptors (Lipinski definition) is 3. The summed E-state index contributed by atoms with van der Waals surface area (Å²) in [6.45, 7) is 13.8. The van der Waals surface area contributed by atoms with E-state index in [9.17, 15) is 5.26 Å². The predicted octanol–water partition coefficient (Wildman–Crippen LogP) is 6.76. The van der Waals surface area contributed by atoms with Crippen molar-refractivity contribution in [2.24, 2.45) is 0 Å². The largest absolute Gasteiger partial charge is 0.543 e. The first-order valence-corrected chi connectivity index (χ1v) is 12.1. The van der Waals surface area contributed by atoms with Crippen molar-refractivity contribution in [2.45, 2.75) is 58.2 Å². The van der Waals surface area contributed by atoms with Crippen molar-refractivity contribution in [3.05, 3.63) is 35.9 Å². The Kier molecular flexibility index (Phi) is 5.45. The Bertz CT molecular complexity index is 1020. The van der Waals surface area contributed by atoms with Crippen LogP contribution in [0.4, 0.5) is 0 Å². The van der Waals surface area contributed by atoms with E-state index in [2.05, 4.69) is 70.8 Å². The van der Waals surface area contributed by atoms with Gasteiger partial charge in [0.1, 0.15) is 17.6 Å². The molecule has 1 heterocycles. The van der Waals surface area contributed by atoms with E-state index >= 15 is 0 Å². The van der Waals surface area contributed by atoms with E-state index in [0.29, 0.717) is 27.9 Å². The second-order valence-corrected chi connectivity index (χ2v) is 13.8. The van der Waals surface area contributed by atoms with Gasteiger partial charge in [-0.15, -0.1) is 0 Å².